The van der Waals surface area contributed by atoms with E-state index in [1.165, 1.54) is 0 Å². The van der Waals surface area contributed by atoms with Gasteiger partial charge in [0.2, 0.25) is 0 Å². The van der Waals surface area contributed by atoms with Gasteiger partial charge in [0.1, 0.15) is 17.5 Å². The Bertz CT molecular complexity index is 771. The molecule has 5 nitrogen and oxygen atoms in total. The summed E-state index contributed by atoms with van der Waals surface area (Å²) >= 11 is 12.6. The second kappa shape index (κ2) is 6.33. The second-order valence-electron chi connectivity index (χ2n) is 6.03. The van der Waals surface area contributed by atoms with Crippen molar-refractivity contribution in [3.05, 3.63) is 46.4 Å². The second-order valence-corrected chi connectivity index (χ2v) is 6.84. The van der Waals surface area contributed by atoms with Gasteiger partial charge in [0.15, 0.2) is 0 Å². The summed E-state index contributed by atoms with van der Waals surface area (Å²) in [4.78, 5) is 7.81. The van der Waals surface area contributed by atoms with Gasteiger partial charge in [-0.15, -0.1) is 0 Å². The maximum absolute atomic E-state index is 6.31. The van der Waals surface area contributed by atoms with Crippen LogP contribution in [0, 0.1) is 0 Å². The smallest absolute Gasteiger partial charge is 0.140 e. The number of anilines is 3. The van der Waals surface area contributed by atoms with Crippen molar-refractivity contribution >= 4 is 40.3 Å². The number of hydrogen-bond acceptors (Lipinski definition) is 5. The summed E-state index contributed by atoms with van der Waals surface area (Å²) in [5.41, 5.74) is 5.24. The Morgan fingerprint density at radius 2 is 2.08 bits per heavy atom. The van der Waals surface area contributed by atoms with Crippen molar-refractivity contribution in [2.45, 2.75) is 12.5 Å². The Hall–Kier alpha value is -1.66. The van der Waals surface area contributed by atoms with E-state index in [9.17, 15) is 0 Å². The molecule has 0 bridgehead atoms. The first-order chi connectivity index (χ1) is 11.6. The topological polar surface area (TPSA) is 37.0 Å². The van der Waals surface area contributed by atoms with Crippen molar-refractivity contribution in [2.24, 2.45) is 0 Å². The maximum atomic E-state index is 6.31. The first kappa shape index (κ1) is 15.8. The lowest BCUT2D eigenvalue weighted by Gasteiger charge is -2.20. The van der Waals surface area contributed by atoms with Crippen LogP contribution in [0.1, 0.15) is 6.42 Å². The number of benzene rings is 2. The molecule has 1 atom stereocenters. The summed E-state index contributed by atoms with van der Waals surface area (Å²) < 4.78 is 6.09. The number of ether oxygens (including phenoxy) is 1. The molecular formula is C17H17Cl2N3O2. The van der Waals surface area contributed by atoms with Gasteiger partial charge >= 0.3 is 0 Å². The molecule has 0 spiro atoms. The molecule has 2 aliphatic heterocycles. The number of likely N-dealkylation sites (tertiary alicyclic amines) is 1. The zero-order valence-corrected chi connectivity index (χ0v) is 14.6. The Balaban J connectivity index is 1.63. The fraction of sp³-hybridized carbons (Fsp3) is 0.294. The number of hydrogen-bond donors (Lipinski definition) is 1. The molecule has 2 aliphatic rings. The lowest BCUT2D eigenvalue weighted by atomic mass is 10.2. The largest absolute Gasteiger partial charge is 0.487 e. The minimum Gasteiger partial charge on any atom is -0.487 e. The minimum atomic E-state index is 0.149. The minimum absolute atomic E-state index is 0.149. The molecule has 0 saturated carbocycles. The number of likely N-dealkylation sites (N-methyl/N-ethyl adjacent to an activating group) is 1. The number of rotatable bonds is 3. The van der Waals surface area contributed by atoms with Gasteiger partial charge in [0, 0.05) is 19.2 Å². The van der Waals surface area contributed by atoms with E-state index in [-0.39, 0.29) is 6.10 Å². The third-order valence-electron chi connectivity index (χ3n) is 4.23. The van der Waals surface area contributed by atoms with Crippen molar-refractivity contribution in [2.75, 3.05) is 30.7 Å². The van der Waals surface area contributed by atoms with Gasteiger partial charge in [-0.05, 0) is 37.7 Å². The summed E-state index contributed by atoms with van der Waals surface area (Å²) in [6.07, 6.45) is 1.14. The highest BCUT2D eigenvalue weighted by Gasteiger charge is 2.26. The van der Waals surface area contributed by atoms with Gasteiger partial charge in [-0.3, -0.25) is 0 Å². The predicted molar refractivity (Wildman–Crippen MR) is 96.3 cm³/mol. The predicted octanol–water partition coefficient (Wildman–Crippen LogP) is 4.49. The van der Waals surface area contributed by atoms with Gasteiger partial charge in [0.25, 0.3) is 0 Å². The van der Waals surface area contributed by atoms with Crippen LogP contribution >= 0.6 is 23.2 Å². The molecule has 7 heteroatoms. The normalized spacial score (nSPS) is 20.1. The van der Waals surface area contributed by atoms with Crippen LogP contribution in [0.3, 0.4) is 0 Å². The molecule has 2 aromatic rings. The first-order valence-electron chi connectivity index (χ1n) is 7.78. The molecule has 4 rings (SSSR count). The van der Waals surface area contributed by atoms with Crippen LogP contribution in [-0.4, -0.2) is 31.1 Å². The fourth-order valence-corrected chi connectivity index (χ4v) is 3.42. The van der Waals surface area contributed by atoms with E-state index in [0.717, 1.165) is 36.6 Å². The van der Waals surface area contributed by atoms with Crippen LogP contribution in [0.25, 0.3) is 0 Å². The van der Waals surface area contributed by atoms with Gasteiger partial charge in [-0.2, -0.15) is 10.0 Å². The number of fused-ring (bicyclic) bond motifs is 1. The number of halogens is 2. The van der Waals surface area contributed by atoms with Crippen LogP contribution in [0.4, 0.5) is 17.1 Å². The van der Waals surface area contributed by atoms with E-state index in [1.54, 1.807) is 5.06 Å². The number of para-hydroxylation sites is 1. The quantitative estimate of drug-likeness (QED) is 0.867. The molecule has 0 aromatic heterocycles. The Morgan fingerprint density at radius 3 is 2.88 bits per heavy atom. The summed E-state index contributed by atoms with van der Waals surface area (Å²) in [6.45, 7) is 1.93. The maximum Gasteiger partial charge on any atom is 0.140 e. The number of nitrogens with zero attached hydrogens (tertiary/aromatic N) is 2. The van der Waals surface area contributed by atoms with Crippen molar-refractivity contribution < 1.29 is 9.68 Å². The van der Waals surface area contributed by atoms with E-state index in [1.807, 2.05) is 36.4 Å². The Labute approximate surface area is 150 Å². The van der Waals surface area contributed by atoms with Gasteiger partial charge < -0.3 is 9.64 Å². The van der Waals surface area contributed by atoms with Gasteiger partial charge in [0.05, 0.1) is 21.4 Å². The zero-order valence-electron chi connectivity index (χ0n) is 13.1. The van der Waals surface area contributed by atoms with Crippen LogP contribution in [0.2, 0.25) is 10.0 Å². The van der Waals surface area contributed by atoms with Crippen molar-refractivity contribution in [1.82, 2.24) is 4.90 Å². The average molecular weight is 366 g/mol. The summed E-state index contributed by atoms with van der Waals surface area (Å²) in [6, 6.07) is 11.2. The third-order valence-corrected chi connectivity index (χ3v) is 4.85. The van der Waals surface area contributed by atoms with Crippen molar-refractivity contribution in [3.63, 3.8) is 0 Å². The summed E-state index contributed by atoms with van der Waals surface area (Å²) in [5, 5.41) is 2.83. The van der Waals surface area contributed by atoms with Crippen LogP contribution < -0.4 is 15.3 Å². The molecule has 24 heavy (non-hydrogen) atoms. The van der Waals surface area contributed by atoms with E-state index in [2.05, 4.69) is 17.4 Å². The molecule has 126 valence electrons. The van der Waals surface area contributed by atoms with Crippen molar-refractivity contribution in [3.8, 4) is 5.75 Å². The molecule has 0 radical (unpaired) electrons. The first-order valence-corrected chi connectivity index (χ1v) is 8.54. The van der Waals surface area contributed by atoms with Gasteiger partial charge in [-0.1, -0.05) is 29.3 Å². The number of nitrogens with one attached hydrogen (secondary N) is 1. The molecule has 0 amide bonds. The molecule has 1 saturated heterocycles. The van der Waals surface area contributed by atoms with Crippen LogP contribution in [-0.2, 0) is 4.94 Å². The summed E-state index contributed by atoms with van der Waals surface area (Å²) in [7, 11) is 2.09. The Kier molecular flexibility index (Phi) is 4.18. The lowest BCUT2D eigenvalue weighted by Crippen LogP contribution is -2.21. The standard InChI is InChI=1S/C17H17Cl2N3O2/c1-21-8-7-12(10-21)23-16-9-11(5-6-13(16)18)22-17-14(19)3-2-4-15(17)20-24-22/h2-6,9,12,20H,7-8,10H2,1H3/t12-/m1/s1. The summed E-state index contributed by atoms with van der Waals surface area (Å²) in [5.74, 6) is 0.651. The highest BCUT2D eigenvalue weighted by molar-refractivity contribution is 6.34. The third kappa shape index (κ3) is 2.89. The monoisotopic (exact) mass is 365 g/mol. The fourth-order valence-electron chi connectivity index (χ4n) is 3.01. The molecule has 0 unspecified atom stereocenters. The SMILES string of the molecule is CN1CC[C@@H](Oc2cc(N3ONc4cccc(Cl)c43)ccc2Cl)C1. The highest BCUT2D eigenvalue weighted by Crippen LogP contribution is 2.44. The zero-order chi connectivity index (χ0) is 16.7. The molecule has 2 heterocycles. The molecule has 0 aliphatic carbocycles. The lowest BCUT2D eigenvalue weighted by molar-refractivity contribution is 0.204. The molecule has 1 fully saturated rings. The van der Waals surface area contributed by atoms with E-state index < -0.39 is 0 Å². The molecule has 1 N–H and O–H groups in total. The average Bonchev–Trinajstić information content (AvgIpc) is 3.17. The molecule has 2 aromatic carbocycles. The van der Waals surface area contributed by atoms with Crippen LogP contribution in [0.15, 0.2) is 36.4 Å². The van der Waals surface area contributed by atoms with Crippen LogP contribution in [0.5, 0.6) is 5.75 Å². The van der Waals surface area contributed by atoms with E-state index >= 15 is 0 Å². The van der Waals surface area contributed by atoms with Crippen molar-refractivity contribution in [1.29, 1.82) is 0 Å². The molecular weight excluding hydrogens is 349 g/mol. The van der Waals surface area contributed by atoms with E-state index in [4.69, 9.17) is 32.9 Å². The Morgan fingerprint density at radius 1 is 1.21 bits per heavy atom. The van der Waals surface area contributed by atoms with E-state index in [0.29, 0.717) is 15.8 Å². The highest BCUT2D eigenvalue weighted by atomic mass is 35.5. The van der Waals surface area contributed by atoms with Gasteiger partial charge in [-0.25, -0.2) is 5.48 Å².